The molecular weight excluding hydrogens is 482 g/mol. The first-order chi connectivity index (χ1) is 18.1. The summed E-state index contributed by atoms with van der Waals surface area (Å²) >= 11 is 1.59. The van der Waals surface area contributed by atoms with Crippen molar-refractivity contribution in [2.75, 3.05) is 7.11 Å². The first-order valence-electron chi connectivity index (χ1n) is 12.9. The monoisotopic (exact) mass is 515 g/mol. The van der Waals surface area contributed by atoms with Crippen molar-refractivity contribution >= 4 is 34.1 Å². The molecule has 1 aliphatic carbocycles. The van der Waals surface area contributed by atoms with Crippen molar-refractivity contribution < 1.29 is 14.3 Å². The lowest BCUT2D eigenvalue weighted by Gasteiger charge is -2.33. The van der Waals surface area contributed by atoms with E-state index < -0.39 is 6.04 Å². The maximum atomic E-state index is 14.0. The van der Waals surface area contributed by atoms with Gasteiger partial charge in [-0.2, -0.15) is 0 Å². The second kappa shape index (κ2) is 11.6. The summed E-state index contributed by atoms with van der Waals surface area (Å²) in [6, 6.07) is 18.9. The molecule has 2 aromatic carbocycles. The van der Waals surface area contributed by atoms with E-state index in [0.29, 0.717) is 12.3 Å². The number of hydrogen-bond donors (Lipinski definition) is 2. The number of rotatable bonds is 9. The highest BCUT2D eigenvalue weighted by Gasteiger charge is 2.33. The number of ether oxygens (including phenoxy) is 1. The third-order valence-corrected chi connectivity index (χ3v) is 8.05. The quantitative estimate of drug-likeness (QED) is 0.287. The van der Waals surface area contributed by atoms with Crippen LogP contribution in [0, 0.1) is 0 Å². The van der Waals surface area contributed by atoms with E-state index in [4.69, 9.17) is 4.74 Å². The third kappa shape index (κ3) is 5.88. The van der Waals surface area contributed by atoms with Gasteiger partial charge >= 0.3 is 0 Å². The van der Waals surface area contributed by atoms with Gasteiger partial charge < -0.3 is 19.9 Å². The van der Waals surface area contributed by atoms with E-state index in [2.05, 4.69) is 10.3 Å². The number of aromatic amines is 1. The van der Waals surface area contributed by atoms with Crippen LogP contribution in [0.3, 0.4) is 0 Å². The summed E-state index contributed by atoms with van der Waals surface area (Å²) in [5.74, 6) is 0.503. The molecule has 192 valence electrons. The first kappa shape index (κ1) is 25.1. The van der Waals surface area contributed by atoms with Gasteiger partial charge in [-0.05, 0) is 53.6 Å². The summed E-state index contributed by atoms with van der Waals surface area (Å²) in [7, 11) is 1.62. The van der Waals surface area contributed by atoms with Crippen LogP contribution in [-0.4, -0.2) is 34.8 Å². The van der Waals surface area contributed by atoms with Crippen LogP contribution in [0.4, 0.5) is 0 Å². The summed E-state index contributed by atoms with van der Waals surface area (Å²) < 4.78 is 5.35. The Hall–Kier alpha value is -3.58. The molecule has 0 aliphatic heterocycles. The van der Waals surface area contributed by atoms with Gasteiger partial charge in [0.25, 0.3) is 0 Å². The smallest absolute Gasteiger partial charge is 0.247 e. The Balaban J connectivity index is 1.49. The van der Waals surface area contributed by atoms with Gasteiger partial charge in [-0.25, -0.2) is 0 Å². The molecule has 0 radical (unpaired) electrons. The van der Waals surface area contributed by atoms with Crippen molar-refractivity contribution in [3.8, 4) is 5.75 Å². The number of thiophene rings is 1. The molecule has 2 N–H and O–H groups in total. The molecule has 6 nitrogen and oxygen atoms in total. The van der Waals surface area contributed by atoms with Gasteiger partial charge in [0.15, 0.2) is 0 Å². The zero-order chi connectivity index (χ0) is 25.6. The fraction of sp³-hybridized carbons (Fsp3) is 0.333. The van der Waals surface area contributed by atoms with Gasteiger partial charge in [0.1, 0.15) is 11.8 Å². The topological polar surface area (TPSA) is 74.4 Å². The number of fused-ring (bicyclic) bond motifs is 1. The summed E-state index contributed by atoms with van der Waals surface area (Å²) in [5.41, 5.74) is 2.70. The Morgan fingerprint density at radius 1 is 1.05 bits per heavy atom. The van der Waals surface area contributed by atoms with Crippen molar-refractivity contribution in [3.63, 3.8) is 0 Å². The second-order valence-corrected chi connectivity index (χ2v) is 10.7. The summed E-state index contributed by atoms with van der Waals surface area (Å²) in [6.45, 7) is 0.369. The summed E-state index contributed by atoms with van der Waals surface area (Å²) in [4.78, 5) is 34.0. The first-order valence-corrected chi connectivity index (χ1v) is 13.8. The molecule has 4 aromatic rings. The Kier molecular flexibility index (Phi) is 7.90. The van der Waals surface area contributed by atoms with E-state index in [9.17, 15) is 9.59 Å². The van der Waals surface area contributed by atoms with Crippen molar-refractivity contribution in [2.24, 2.45) is 0 Å². The van der Waals surface area contributed by atoms with Gasteiger partial charge in [0.2, 0.25) is 11.8 Å². The van der Waals surface area contributed by atoms with Crippen molar-refractivity contribution in [2.45, 2.75) is 57.2 Å². The lowest BCUT2D eigenvalue weighted by atomic mass is 9.94. The fourth-order valence-corrected chi connectivity index (χ4v) is 5.93. The Labute approximate surface area is 221 Å². The predicted octanol–water partition coefficient (Wildman–Crippen LogP) is 6.00. The molecule has 2 heterocycles. The van der Waals surface area contributed by atoms with Crippen LogP contribution in [0.1, 0.15) is 54.1 Å². The summed E-state index contributed by atoms with van der Waals surface area (Å²) in [5, 5.41) is 6.31. The van der Waals surface area contributed by atoms with Crippen LogP contribution in [0.15, 0.2) is 72.2 Å². The second-order valence-electron chi connectivity index (χ2n) is 9.66. The highest BCUT2D eigenvalue weighted by Crippen LogP contribution is 2.29. The molecular formula is C30H33N3O3S. The maximum Gasteiger partial charge on any atom is 0.247 e. The fourth-order valence-electron chi connectivity index (χ4n) is 5.22. The van der Waals surface area contributed by atoms with Crippen LogP contribution in [0.25, 0.3) is 10.9 Å². The van der Waals surface area contributed by atoms with E-state index in [-0.39, 0.29) is 24.3 Å². The maximum absolute atomic E-state index is 14.0. The molecule has 0 unspecified atom stereocenters. The number of benzene rings is 2. The number of para-hydroxylation sites is 1. The lowest BCUT2D eigenvalue weighted by molar-refractivity contribution is -0.141. The molecule has 2 aromatic heterocycles. The number of H-pyrrole nitrogens is 1. The average Bonchev–Trinajstić information content (AvgIpc) is 3.59. The average molecular weight is 516 g/mol. The van der Waals surface area contributed by atoms with Crippen molar-refractivity contribution in [1.29, 1.82) is 0 Å². The molecule has 0 spiro atoms. The van der Waals surface area contributed by atoms with Crippen LogP contribution >= 0.6 is 11.3 Å². The van der Waals surface area contributed by atoms with Crippen LogP contribution in [0.5, 0.6) is 5.75 Å². The minimum Gasteiger partial charge on any atom is -0.497 e. The van der Waals surface area contributed by atoms with Crippen LogP contribution < -0.4 is 10.1 Å². The number of carbonyl (C=O) groups excluding carboxylic acids is 2. The number of aromatic nitrogens is 1. The van der Waals surface area contributed by atoms with Crippen molar-refractivity contribution in [3.05, 3.63) is 88.2 Å². The number of nitrogens with one attached hydrogen (secondary N) is 2. The van der Waals surface area contributed by atoms with E-state index in [0.717, 1.165) is 52.6 Å². The third-order valence-electron chi connectivity index (χ3n) is 7.19. The molecule has 1 saturated carbocycles. The van der Waals surface area contributed by atoms with Crippen LogP contribution in [-0.2, 0) is 22.6 Å². The Bertz CT molecular complexity index is 1320. The minimum atomic E-state index is -0.743. The highest BCUT2D eigenvalue weighted by atomic mass is 32.1. The Morgan fingerprint density at radius 3 is 2.57 bits per heavy atom. The van der Waals surface area contributed by atoms with Gasteiger partial charge in [-0.1, -0.05) is 55.7 Å². The molecule has 1 fully saturated rings. The Morgan fingerprint density at radius 2 is 1.84 bits per heavy atom. The number of methoxy groups -OCH3 is 1. The van der Waals surface area contributed by atoms with E-state index in [1.54, 1.807) is 23.3 Å². The molecule has 2 amide bonds. The highest BCUT2D eigenvalue weighted by molar-refractivity contribution is 7.09. The van der Waals surface area contributed by atoms with E-state index in [1.165, 1.54) is 6.42 Å². The number of carbonyl (C=O) groups is 2. The van der Waals surface area contributed by atoms with Gasteiger partial charge in [-0.3, -0.25) is 9.59 Å². The lowest BCUT2D eigenvalue weighted by Crippen LogP contribution is -2.47. The normalized spacial score (nSPS) is 14.8. The molecule has 0 bridgehead atoms. The largest absolute Gasteiger partial charge is 0.497 e. The summed E-state index contributed by atoms with van der Waals surface area (Å²) in [6.07, 6.45) is 7.52. The number of nitrogens with zero attached hydrogens (tertiary/aromatic N) is 1. The van der Waals surface area contributed by atoms with E-state index in [1.807, 2.05) is 72.2 Å². The molecule has 1 atom stereocenters. The molecule has 37 heavy (non-hydrogen) atoms. The molecule has 0 saturated heterocycles. The van der Waals surface area contributed by atoms with Gasteiger partial charge in [0.05, 0.1) is 20.1 Å². The number of amides is 2. The standard InChI is InChI=1S/C30H33N3O3S/c1-36-24-15-13-21(14-16-24)29(30(35)32-23-8-3-2-4-9-23)33(20-25-10-7-17-37-25)28(34)18-22-19-31-27-12-6-5-11-26(22)27/h5-7,10-17,19,23,29,31H,2-4,8-9,18,20H2,1H3,(H,32,35)/t29-/m0/s1. The van der Waals surface area contributed by atoms with E-state index >= 15 is 0 Å². The molecule has 5 rings (SSSR count). The molecule has 7 heteroatoms. The van der Waals surface area contributed by atoms with Gasteiger partial charge in [-0.15, -0.1) is 11.3 Å². The zero-order valence-electron chi connectivity index (χ0n) is 21.1. The minimum absolute atomic E-state index is 0.0854. The van der Waals surface area contributed by atoms with Gasteiger partial charge in [0, 0.05) is 28.0 Å². The predicted molar refractivity (Wildman–Crippen MR) is 148 cm³/mol. The zero-order valence-corrected chi connectivity index (χ0v) is 21.9. The number of hydrogen-bond acceptors (Lipinski definition) is 4. The molecule has 1 aliphatic rings. The van der Waals surface area contributed by atoms with Crippen molar-refractivity contribution in [1.82, 2.24) is 15.2 Å². The SMILES string of the molecule is COc1ccc([C@@H](C(=O)NC2CCCCC2)N(Cc2cccs2)C(=O)Cc2c[nH]c3ccccc23)cc1. The van der Waals surface area contributed by atoms with Crippen LogP contribution in [0.2, 0.25) is 0 Å².